The first kappa shape index (κ1) is 6.84. The average Bonchev–Trinajstić information content (AvgIpc) is 1.59. The van der Waals surface area contributed by atoms with Gasteiger partial charge in [-0.1, -0.05) is 23.2 Å². The standard InChI is InChI=1S/C6H3Cl2N/c1-4-2-5(7)9-6(8)3-4/h1-3H. The molecular weight excluding hydrogens is 157 g/mol. The van der Waals surface area contributed by atoms with Gasteiger partial charge in [-0.05, 0) is 24.6 Å². The Morgan fingerprint density at radius 1 is 1.22 bits per heavy atom. The summed E-state index contributed by atoms with van der Waals surface area (Å²) in [7, 11) is 0. The number of rotatable bonds is 0. The number of halogens is 2. The highest BCUT2D eigenvalue weighted by Gasteiger charge is 1.92. The third-order valence-corrected chi connectivity index (χ3v) is 1.17. The highest BCUT2D eigenvalue weighted by molar-refractivity contribution is 6.32. The molecule has 0 unspecified atom stereocenters. The molecule has 3 heteroatoms. The molecule has 0 N–H and O–H groups in total. The molecule has 46 valence electrons. The predicted molar refractivity (Wildman–Crippen MR) is 37.7 cm³/mol. The molecule has 0 saturated heterocycles. The van der Waals surface area contributed by atoms with Crippen LogP contribution in [0.25, 0.3) is 0 Å². The monoisotopic (exact) mass is 159 g/mol. The van der Waals surface area contributed by atoms with Crippen molar-refractivity contribution in [2.24, 2.45) is 0 Å². The van der Waals surface area contributed by atoms with E-state index in [1.165, 1.54) is 12.1 Å². The van der Waals surface area contributed by atoms with E-state index in [-0.39, 0.29) is 0 Å². The summed E-state index contributed by atoms with van der Waals surface area (Å²) in [5.41, 5.74) is 0.528. The van der Waals surface area contributed by atoms with Crippen LogP contribution < -0.4 is 0 Å². The van der Waals surface area contributed by atoms with Crippen LogP contribution >= 0.6 is 23.2 Å². The molecule has 1 aromatic heterocycles. The zero-order chi connectivity index (χ0) is 6.85. The van der Waals surface area contributed by atoms with E-state index in [0.717, 1.165) is 0 Å². The summed E-state index contributed by atoms with van der Waals surface area (Å²) in [5, 5.41) is 0.639. The van der Waals surface area contributed by atoms with Crippen molar-refractivity contribution >= 4 is 23.2 Å². The summed E-state index contributed by atoms with van der Waals surface area (Å²) in [5.74, 6) is 0. The molecule has 0 atom stereocenters. The molecule has 0 aliphatic heterocycles. The smallest absolute Gasteiger partial charge is 0.131 e. The van der Waals surface area contributed by atoms with Gasteiger partial charge in [-0.2, -0.15) is 0 Å². The first-order valence-corrected chi connectivity index (χ1v) is 3.02. The van der Waals surface area contributed by atoms with Crippen LogP contribution in [0.2, 0.25) is 10.3 Å². The second-order valence-electron chi connectivity index (χ2n) is 1.55. The van der Waals surface area contributed by atoms with Crippen LogP contribution in [0.5, 0.6) is 0 Å². The Labute approximate surface area is 63.6 Å². The van der Waals surface area contributed by atoms with Crippen LogP contribution in [0.3, 0.4) is 0 Å². The maximum absolute atomic E-state index is 5.47. The Morgan fingerprint density at radius 3 is 2.00 bits per heavy atom. The Hall–Kier alpha value is -0.270. The van der Waals surface area contributed by atoms with E-state index in [1.54, 1.807) is 0 Å². The van der Waals surface area contributed by atoms with Crippen LogP contribution in [0.4, 0.5) is 0 Å². The van der Waals surface area contributed by atoms with Gasteiger partial charge in [0.25, 0.3) is 0 Å². The van der Waals surface area contributed by atoms with Crippen molar-refractivity contribution < 1.29 is 0 Å². The number of aromatic nitrogens is 1. The van der Waals surface area contributed by atoms with Gasteiger partial charge < -0.3 is 0 Å². The van der Waals surface area contributed by atoms with Crippen molar-refractivity contribution in [2.45, 2.75) is 0 Å². The van der Waals surface area contributed by atoms with E-state index in [9.17, 15) is 0 Å². The topological polar surface area (TPSA) is 12.9 Å². The lowest BCUT2D eigenvalue weighted by atomic mass is 10.3. The molecule has 0 amide bonds. The van der Waals surface area contributed by atoms with Crippen LogP contribution in [0.15, 0.2) is 12.1 Å². The van der Waals surface area contributed by atoms with Crippen molar-refractivity contribution in [2.75, 3.05) is 0 Å². The Kier molecular flexibility index (Phi) is 1.94. The second-order valence-corrected chi connectivity index (χ2v) is 2.32. The fourth-order valence-corrected chi connectivity index (χ4v) is 0.961. The van der Waals surface area contributed by atoms with E-state index < -0.39 is 0 Å². The van der Waals surface area contributed by atoms with Gasteiger partial charge in [0.15, 0.2) is 0 Å². The second kappa shape index (κ2) is 2.54. The van der Waals surface area contributed by atoms with E-state index in [4.69, 9.17) is 30.1 Å². The Bertz CT molecular complexity index is 172. The minimum absolute atomic E-state index is 0.319. The SMILES string of the molecule is [CH]c1cc(Cl)nc(Cl)c1. The highest BCUT2D eigenvalue weighted by Crippen LogP contribution is 2.12. The van der Waals surface area contributed by atoms with Crippen LogP contribution in [0, 0.1) is 6.92 Å². The predicted octanol–water partition coefficient (Wildman–Crippen LogP) is 2.45. The number of hydrogen-bond acceptors (Lipinski definition) is 1. The van der Waals surface area contributed by atoms with Gasteiger partial charge in [-0.3, -0.25) is 0 Å². The van der Waals surface area contributed by atoms with Crippen molar-refractivity contribution in [1.29, 1.82) is 0 Å². The zero-order valence-corrected chi connectivity index (χ0v) is 5.95. The molecule has 0 aliphatic carbocycles. The molecule has 2 radical (unpaired) electrons. The van der Waals surface area contributed by atoms with Crippen molar-refractivity contribution in [1.82, 2.24) is 4.98 Å². The number of pyridine rings is 1. The van der Waals surface area contributed by atoms with E-state index in [0.29, 0.717) is 15.9 Å². The fourth-order valence-electron chi connectivity index (χ4n) is 0.483. The quantitative estimate of drug-likeness (QED) is 0.531. The normalized spacial score (nSPS) is 9.67. The van der Waals surface area contributed by atoms with Crippen molar-refractivity contribution in [3.05, 3.63) is 34.9 Å². The molecule has 0 spiro atoms. The third kappa shape index (κ3) is 1.84. The van der Waals surface area contributed by atoms with Gasteiger partial charge in [-0.15, -0.1) is 0 Å². The first-order chi connectivity index (χ1) is 4.18. The molecule has 0 saturated carbocycles. The highest BCUT2D eigenvalue weighted by atomic mass is 35.5. The summed E-state index contributed by atoms with van der Waals surface area (Å²) in [6.45, 7) is 5.35. The summed E-state index contributed by atoms with van der Waals surface area (Å²) in [6, 6.07) is 3.07. The van der Waals surface area contributed by atoms with Gasteiger partial charge >= 0.3 is 0 Å². The summed E-state index contributed by atoms with van der Waals surface area (Å²) in [6.07, 6.45) is 0. The average molecular weight is 160 g/mol. The van der Waals surface area contributed by atoms with Crippen molar-refractivity contribution in [3.8, 4) is 0 Å². The van der Waals surface area contributed by atoms with Gasteiger partial charge in [0.05, 0.1) is 0 Å². The summed E-state index contributed by atoms with van der Waals surface area (Å²) >= 11 is 10.9. The minimum atomic E-state index is 0.319. The molecule has 0 fully saturated rings. The number of hydrogen-bond donors (Lipinski definition) is 0. The summed E-state index contributed by atoms with van der Waals surface area (Å²) < 4.78 is 0. The maximum atomic E-state index is 5.47. The molecule has 1 heterocycles. The Balaban J connectivity index is 3.17. The van der Waals surface area contributed by atoms with E-state index >= 15 is 0 Å². The lowest BCUT2D eigenvalue weighted by molar-refractivity contribution is 1.31. The van der Waals surface area contributed by atoms with Gasteiger partial charge in [-0.25, -0.2) is 4.98 Å². The molecule has 0 aromatic carbocycles. The van der Waals surface area contributed by atoms with E-state index in [1.807, 2.05) is 0 Å². The minimum Gasteiger partial charge on any atom is -0.224 e. The lowest BCUT2D eigenvalue weighted by Crippen LogP contribution is -1.77. The molecule has 9 heavy (non-hydrogen) atoms. The molecule has 0 aliphatic rings. The van der Waals surface area contributed by atoms with Gasteiger partial charge in [0, 0.05) is 0 Å². The fraction of sp³-hybridized carbons (Fsp3) is 0. The van der Waals surface area contributed by atoms with Crippen LogP contribution in [-0.2, 0) is 0 Å². The van der Waals surface area contributed by atoms with Crippen LogP contribution in [0.1, 0.15) is 5.56 Å². The van der Waals surface area contributed by atoms with Crippen molar-refractivity contribution in [3.63, 3.8) is 0 Å². The maximum Gasteiger partial charge on any atom is 0.131 e. The first-order valence-electron chi connectivity index (χ1n) is 2.27. The largest absolute Gasteiger partial charge is 0.224 e. The van der Waals surface area contributed by atoms with Gasteiger partial charge in [0.2, 0.25) is 0 Å². The molecule has 1 aromatic rings. The van der Waals surface area contributed by atoms with Crippen LogP contribution in [-0.4, -0.2) is 4.98 Å². The molecule has 1 rings (SSSR count). The van der Waals surface area contributed by atoms with Gasteiger partial charge in [0.1, 0.15) is 10.3 Å². The molecule has 1 nitrogen and oxygen atoms in total. The molecule has 0 bridgehead atoms. The van der Waals surface area contributed by atoms with E-state index in [2.05, 4.69) is 4.98 Å². The summed E-state index contributed by atoms with van der Waals surface area (Å²) in [4.78, 5) is 3.69. The Morgan fingerprint density at radius 2 is 1.67 bits per heavy atom. The zero-order valence-electron chi connectivity index (χ0n) is 4.44. The third-order valence-electron chi connectivity index (χ3n) is 0.785. The lowest BCUT2D eigenvalue weighted by Gasteiger charge is -1.92. The number of nitrogens with zero attached hydrogens (tertiary/aromatic N) is 1. The molecular formula is C6H3Cl2N.